The summed E-state index contributed by atoms with van der Waals surface area (Å²) in [6.45, 7) is 2.14. The van der Waals surface area contributed by atoms with E-state index < -0.39 is 0 Å². The standard InChI is InChI=1S/C46H31N5/c1-30-25-34(46-48-44(31-13-5-2-6-14-31)47-45(49-46)32-15-7-3-8-16-32)27-36(26-30)51-42-20-12-11-19-37(42)40-29-39-33(28-43(40)51)21-22-41-38(39)23-24-50(41)35-17-9-4-10-18-35/h2-29H,1H3. The SMILES string of the molecule is Cc1cc(-c2nc(-c3ccccc3)nc(-c3ccccc3)n2)cc(-n2c3ccccc3c3cc4c(ccc5c4ccn5-c4ccccc4)cc32)c1. The number of nitrogens with zero attached hydrogens (tertiary/aromatic N) is 5. The first-order valence-electron chi connectivity index (χ1n) is 17.2. The molecule has 7 aromatic carbocycles. The second-order valence-electron chi connectivity index (χ2n) is 13.1. The molecule has 51 heavy (non-hydrogen) atoms. The lowest BCUT2D eigenvalue weighted by molar-refractivity contribution is 1.07. The first kappa shape index (κ1) is 29.1. The maximum atomic E-state index is 5.05. The van der Waals surface area contributed by atoms with Gasteiger partial charge in [0.2, 0.25) is 0 Å². The van der Waals surface area contributed by atoms with Crippen LogP contribution in [0.1, 0.15) is 5.56 Å². The highest BCUT2D eigenvalue weighted by atomic mass is 15.0. The summed E-state index contributed by atoms with van der Waals surface area (Å²) in [5.74, 6) is 1.95. The minimum Gasteiger partial charge on any atom is -0.317 e. The van der Waals surface area contributed by atoms with E-state index in [1.807, 2.05) is 60.7 Å². The van der Waals surface area contributed by atoms with Crippen LogP contribution >= 0.6 is 0 Å². The molecule has 0 aliphatic rings. The zero-order valence-corrected chi connectivity index (χ0v) is 27.9. The summed E-state index contributed by atoms with van der Waals surface area (Å²) in [6, 6.07) is 57.6. The van der Waals surface area contributed by atoms with Crippen molar-refractivity contribution < 1.29 is 0 Å². The van der Waals surface area contributed by atoms with Crippen LogP contribution in [-0.4, -0.2) is 24.1 Å². The van der Waals surface area contributed by atoms with Gasteiger partial charge in [-0.15, -0.1) is 0 Å². The van der Waals surface area contributed by atoms with Crippen LogP contribution < -0.4 is 0 Å². The Labute approximate surface area is 294 Å². The lowest BCUT2D eigenvalue weighted by Crippen LogP contribution is -2.01. The predicted molar refractivity (Wildman–Crippen MR) is 210 cm³/mol. The van der Waals surface area contributed by atoms with Crippen molar-refractivity contribution in [2.75, 3.05) is 0 Å². The van der Waals surface area contributed by atoms with E-state index in [9.17, 15) is 0 Å². The normalized spacial score (nSPS) is 11.6. The van der Waals surface area contributed by atoms with Gasteiger partial charge >= 0.3 is 0 Å². The number of hydrogen-bond donors (Lipinski definition) is 0. The Hall–Kier alpha value is -6.85. The van der Waals surface area contributed by atoms with Crippen molar-refractivity contribution in [3.63, 3.8) is 0 Å². The van der Waals surface area contributed by atoms with Gasteiger partial charge in [-0.2, -0.15) is 0 Å². The Morgan fingerprint density at radius 2 is 1.00 bits per heavy atom. The molecule has 5 nitrogen and oxygen atoms in total. The van der Waals surface area contributed by atoms with Crippen molar-refractivity contribution in [3.05, 3.63) is 176 Å². The molecule has 0 bridgehead atoms. The van der Waals surface area contributed by atoms with Crippen LogP contribution in [0.25, 0.3) is 89.0 Å². The van der Waals surface area contributed by atoms with Gasteiger partial charge in [-0.3, -0.25) is 0 Å². The number of aryl methyl sites for hydroxylation is 1. The zero-order chi connectivity index (χ0) is 33.9. The molecule has 240 valence electrons. The van der Waals surface area contributed by atoms with Gasteiger partial charge in [0.1, 0.15) is 0 Å². The van der Waals surface area contributed by atoms with Gasteiger partial charge in [-0.05, 0) is 83.9 Å². The largest absolute Gasteiger partial charge is 0.317 e. The Kier molecular flexibility index (Phi) is 6.64. The molecule has 0 saturated carbocycles. The average molecular weight is 654 g/mol. The van der Waals surface area contributed by atoms with Gasteiger partial charge in [0.25, 0.3) is 0 Å². The second kappa shape index (κ2) is 11.6. The fourth-order valence-electron chi connectivity index (χ4n) is 7.46. The summed E-state index contributed by atoms with van der Waals surface area (Å²) < 4.78 is 4.65. The fraction of sp³-hybridized carbons (Fsp3) is 0.0217. The highest BCUT2D eigenvalue weighted by Crippen LogP contribution is 2.38. The fourth-order valence-corrected chi connectivity index (χ4v) is 7.46. The van der Waals surface area contributed by atoms with Gasteiger partial charge in [0.05, 0.1) is 16.6 Å². The van der Waals surface area contributed by atoms with E-state index in [4.69, 9.17) is 15.0 Å². The Morgan fingerprint density at radius 3 is 1.71 bits per heavy atom. The molecule has 0 N–H and O–H groups in total. The molecule has 0 aliphatic carbocycles. The van der Waals surface area contributed by atoms with E-state index in [-0.39, 0.29) is 0 Å². The third-order valence-corrected chi connectivity index (χ3v) is 9.79. The summed E-state index contributed by atoms with van der Waals surface area (Å²) in [5, 5.41) is 6.13. The molecule has 3 heterocycles. The lowest BCUT2D eigenvalue weighted by atomic mass is 10.0. The van der Waals surface area contributed by atoms with Crippen molar-refractivity contribution in [1.82, 2.24) is 24.1 Å². The Balaban J connectivity index is 1.18. The molecule has 0 atom stereocenters. The number of para-hydroxylation sites is 2. The molecule has 0 radical (unpaired) electrons. The third-order valence-electron chi connectivity index (χ3n) is 9.79. The van der Waals surface area contributed by atoms with Crippen LogP contribution in [-0.2, 0) is 0 Å². The predicted octanol–water partition coefficient (Wildman–Crippen LogP) is 11.4. The molecule has 0 unspecified atom stereocenters. The summed E-state index contributed by atoms with van der Waals surface area (Å²) in [7, 11) is 0. The maximum absolute atomic E-state index is 5.05. The molecule has 5 heteroatoms. The molecule has 3 aromatic heterocycles. The van der Waals surface area contributed by atoms with E-state index in [0.717, 1.165) is 44.7 Å². The topological polar surface area (TPSA) is 48.5 Å². The average Bonchev–Trinajstić information content (AvgIpc) is 3.77. The van der Waals surface area contributed by atoms with Gasteiger partial charge in [0, 0.05) is 50.4 Å². The molecule has 10 rings (SSSR count). The van der Waals surface area contributed by atoms with Crippen LogP contribution in [0.5, 0.6) is 0 Å². The summed E-state index contributed by atoms with van der Waals surface area (Å²) in [6.07, 6.45) is 2.18. The molecule has 0 fully saturated rings. The molecule has 0 aliphatic heterocycles. The second-order valence-corrected chi connectivity index (χ2v) is 13.1. The van der Waals surface area contributed by atoms with E-state index >= 15 is 0 Å². The van der Waals surface area contributed by atoms with Gasteiger partial charge in [-0.1, -0.05) is 103 Å². The van der Waals surface area contributed by atoms with Crippen LogP contribution in [0.4, 0.5) is 0 Å². The van der Waals surface area contributed by atoms with Crippen molar-refractivity contribution in [3.8, 4) is 45.5 Å². The molecular weight excluding hydrogens is 623 g/mol. The monoisotopic (exact) mass is 653 g/mol. The van der Waals surface area contributed by atoms with Crippen LogP contribution in [0.2, 0.25) is 0 Å². The van der Waals surface area contributed by atoms with Crippen molar-refractivity contribution in [1.29, 1.82) is 0 Å². The number of aromatic nitrogens is 5. The highest BCUT2D eigenvalue weighted by molar-refractivity contribution is 6.18. The highest BCUT2D eigenvalue weighted by Gasteiger charge is 2.18. The van der Waals surface area contributed by atoms with E-state index in [1.54, 1.807) is 0 Å². The summed E-state index contributed by atoms with van der Waals surface area (Å²) in [4.78, 5) is 15.0. The Bertz CT molecular complexity index is 2850. The maximum Gasteiger partial charge on any atom is 0.164 e. The zero-order valence-electron chi connectivity index (χ0n) is 27.9. The molecular formula is C46H31N5. The first-order valence-corrected chi connectivity index (χ1v) is 17.2. The van der Waals surface area contributed by atoms with Crippen molar-refractivity contribution in [2.24, 2.45) is 0 Å². The number of fused-ring (bicyclic) bond motifs is 6. The molecule has 0 amide bonds. The van der Waals surface area contributed by atoms with Crippen molar-refractivity contribution in [2.45, 2.75) is 6.92 Å². The van der Waals surface area contributed by atoms with Crippen molar-refractivity contribution >= 4 is 43.5 Å². The van der Waals surface area contributed by atoms with Gasteiger partial charge in [-0.25, -0.2) is 15.0 Å². The quantitative estimate of drug-likeness (QED) is 0.186. The van der Waals surface area contributed by atoms with E-state index in [0.29, 0.717) is 17.5 Å². The van der Waals surface area contributed by atoms with Crippen LogP contribution in [0.3, 0.4) is 0 Å². The number of hydrogen-bond acceptors (Lipinski definition) is 3. The third kappa shape index (κ3) is 4.90. The number of benzene rings is 7. The minimum atomic E-state index is 0.643. The van der Waals surface area contributed by atoms with E-state index in [1.165, 1.54) is 32.4 Å². The van der Waals surface area contributed by atoms with E-state index in [2.05, 4.69) is 125 Å². The van der Waals surface area contributed by atoms with Crippen LogP contribution in [0, 0.1) is 6.92 Å². The van der Waals surface area contributed by atoms with Crippen LogP contribution in [0.15, 0.2) is 170 Å². The summed E-state index contributed by atoms with van der Waals surface area (Å²) >= 11 is 0. The molecule has 10 aromatic rings. The first-order chi connectivity index (χ1) is 25.2. The van der Waals surface area contributed by atoms with Gasteiger partial charge in [0.15, 0.2) is 17.5 Å². The minimum absolute atomic E-state index is 0.643. The molecule has 0 saturated heterocycles. The smallest absolute Gasteiger partial charge is 0.164 e. The van der Waals surface area contributed by atoms with Gasteiger partial charge < -0.3 is 9.13 Å². The Morgan fingerprint density at radius 1 is 0.392 bits per heavy atom. The summed E-state index contributed by atoms with van der Waals surface area (Å²) in [5.41, 5.74) is 9.71. The number of rotatable bonds is 5. The lowest BCUT2D eigenvalue weighted by Gasteiger charge is -2.13. The molecule has 0 spiro atoms.